The molecule has 2 N–H and O–H groups in total. The Morgan fingerprint density at radius 3 is 2.24 bits per heavy atom. The Hall–Kier alpha value is -0.930. The third-order valence-corrected chi connectivity index (χ3v) is 2.19. The Balaban J connectivity index is 3.49. The van der Waals surface area contributed by atoms with E-state index in [9.17, 15) is 0 Å². The van der Waals surface area contributed by atoms with Gasteiger partial charge in [-0.1, -0.05) is 5.11 Å². The number of nitrogens with two attached hydrogens (primary N) is 1. The first-order chi connectivity index (χ1) is 10.3. The molecule has 0 aromatic heterocycles. The molecule has 0 saturated carbocycles. The highest BCUT2D eigenvalue weighted by Gasteiger charge is 2.06. The van der Waals surface area contributed by atoms with Gasteiger partial charge in [0.05, 0.1) is 52.9 Å². The fourth-order valence-electron chi connectivity index (χ4n) is 1.27. The molecule has 1 unspecified atom stereocenters. The molecule has 0 aromatic carbocycles. The Morgan fingerprint density at radius 2 is 1.57 bits per heavy atom. The second kappa shape index (κ2) is 17.1. The maximum atomic E-state index is 8.44. The molecule has 0 aliphatic carbocycles. The van der Waals surface area contributed by atoms with Crippen molar-refractivity contribution >= 4 is 0 Å². The van der Waals surface area contributed by atoms with Gasteiger partial charge < -0.3 is 29.4 Å². The molecule has 9 heteroatoms. The van der Waals surface area contributed by atoms with E-state index in [0.717, 1.165) is 0 Å². The molecular weight excluding hydrogens is 280 g/mol. The lowest BCUT2D eigenvalue weighted by molar-refractivity contribution is -0.0465. The van der Waals surface area contributed by atoms with Gasteiger partial charge in [0.15, 0.2) is 6.23 Å². The first kappa shape index (κ1) is 20.1. The van der Waals surface area contributed by atoms with Crippen molar-refractivity contribution in [1.29, 1.82) is 0 Å². The maximum Gasteiger partial charge on any atom is 0.159 e. The molecule has 0 rings (SSSR count). The highest BCUT2D eigenvalue weighted by molar-refractivity contribution is 4.55. The van der Waals surface area contributed by atoms with E-state index in [-0.39, 0.29) is 6.61 Å². The van der Waals surface area contributed by atoms with E-state index in [4.69, 9.17) is 34.9 Å². The number of nitrogens with zero attached hydrogens (tertiary/aromatic N) is 3. The van der Waals surface area contributed by atoms with Crippen LogP contribution >= 0.6 is 0 Å². The first-order valence-corrected chi connectivity index (χ1v) is 7.02. The van der Waals surface area contributed by atoms with Crippen LogP contribution in [0.5, 0.6) is 0 Å². The van der Waals surface area contributed by atoms with Crippen molar-refractivity contribution in [3.63, 3.8) is 0 Å². The Morgan fingerprint density at radius 1 is 0.952 bits per heavy atom. The molecule has 21 heavy (non-hydrogen) atoms. The minimum Gasteiger partial charge on any atom is -0.379 e. The van der Waals surface area contributed by atoms with Crippen LogP contribution in [0.4, 0.5) is 0 Å². The van der Waals surface area contributed by atoms with E-state index in [1.54, 1.807) is 0 Å². The third-order valence-electron chi connectivity index (χ3n) is 2.19. The average molecular weight is 306 g/mol. The molecule has 0 saturated heterocycles. The van der Waals surface area contributed by atoms with Crippen molar-refractivity contribution in [3.05, 3.63) is 10.4 Å². The lowest BCUT2D eigenvalue weighted by atomic mass is 10.6. The van der Waals surface area contributed by atoms with E-state index < -0.39 is 6.23 Å². The summed E-state index contributed by atoms with van der Waals surface area (Å²) in [5, 5.41) is 3.49. The largest absolute Gasteiger partial charge is 0.379 e. The van der Waals surface area contributed by atoms with E-state index in [1.165, 1.54) is 0 Å². The fourth-order valence-corrected chi connectivity index (χ4v) is 1.27. The van der Waals surface area contributed by atoms with Crippen LogP contribution in [0.3, 0.4) is 0 Å². The van der Waals surface area contributed by atoms with Crippen LogP contribution in [0.25, 0.3) is 10.4 Å². The highest BCUT2D eigenvalue weighted by atomic mass is 16.6. The lowest BCUT2D eigenvalue weighted by Crippen LogP contribution is -2.21. The number of azide groups is 1. The molecule has 124 valence electrons. The van der Waals surface area contributed by atoms with Crippen molar-refractivity contribution in [1.82, 2.24) is 0 Å². The quantitative estimate of drug-likeness (QED) is 0.194. The van der Waals surface area contributed by atoms with E-state index in [2.05, 4.69) is 10.0 Å². The van der Waals surface area contributed by atoms with Crippen molar-refractivity contribution in [2.75, 3.05) is 66.0 Å². The van der Waals surface area contributed by atoms with E-state index in [1.807, 2.05) is 6.92 Å². The summed E-state index contributed by atoms with van der Waals surface area (Å²) in [5.41, 5.74) is 13.7. The zero-order chi connectivity index (χ0) is 15.6. The third kappa shape index (κ3) is 15.3. The number of hydrogen-bond donors (Lipinski definition) is 1. The number of rotatable bonds is 16. The lowest BCUT2D eigenvalue weighted by Gasteiger charge is -2.13. The molecule has 0 aromatic rings. The molecule has 0 radical (unpaired) electrons. The summed E-state index contributed by atoms with van der Waals surface area (Å²) in [6.45, 7) is 6.41. The summed E-state index contributed by atoms with van der Waals surface area (Å²) in [6.07, 6.45) is -0.667. The van der Waals surface area contributed by atoms with Crippen LogP contribution in [0, 0.1) is 0 Å². The van der Waals surface area contributed by atoms with Crippen molar-refractivity contribution in [2.24, 2.45) is 10.8 Å². The number of ether oxygens (including phenoxy) is 5. The normalized spacial score (nSPS) is 12.1. The van der Waals surface area contributed by atoms with Gasteiger partial charge in [-0.05, 0) is 12.5 Å². The van der Waals surface area contributed by atoms with Crippen LogP contribution in [0.15, 0.2) is 5.11 Å². The van der Waals surface area contributed by atoms with Gasteiger partial charge in [-0.2, -0.15) is 0 Å². The molecule has 0 bridgehead atoms. The Kier molecular flexibility index (Phi) is 16.4. The van der Waals surface area contributed by atoms with Gasteiger partial charge in [0.1, 0.15) is 0 Å². The summed E-state index contributed by atoms with van der Waals surface area (Å²) in [5.74, 6) is 0. The highest BCUT2D eigenvalue weighted by Crippen LogP contribution is 1.97. The predicted octanol–water partition coefficient (Wildman–Crippen LogP) is 0.684. The summed E-state index contributed by atoms with van der Waals surface area (Å²) < 4.78 is 26.2. The van der Waals surface area contributed by atoms with Gasteiger partial charge in [-0.3, -0.25) is 0 Å². The van der Waals surface area contributed by atoms with E-state index in [0.29, 0.717) is 59.4 Å². The van der Waals surface area contributed by atoms with Crippen LogP contribution in [-0.2, 0) is 23.7 Å². The zero-order valence-corrected chi connectivity index (χ0v) is 12.6. The summed E-state index contributed by atoms with van der Waals surface area (Å²) >= 11 is 0. The molecule has 0 aliphatic rings. The van der Waals surface area contributed by atoms with Crippen LogP contribution in [0.1, 0.15) is 6.92 Å². The molecular formula is C12H26N4O5. The second-order valence-corrected chi connectivity index (χ2v) is 3.82. The minimum atomic E-state index is -0.667. The van der Waals surface area contributed by atoms with Gasteiger partial charge in [-0.25, -0.2) is 0 Å². The standard InChI is InChI=1S/C12H26N4O5/c1-2-17-5-6-19-7-8-20-11-12(15-16-14)21-10-9-18-4-3-13/h12H,2-11,13H2,1H3. The molecule has 0 fully saturated rings. The van der Waals surface area contributed by atoms with Crippen LogP contribution in [0.2, 0.25) is 0 Å². The SMILES string of the molecule is CCOCCOCCOCC(N=[N+]=[N-])OCCOCCN. The topological polar surface area (TPSA) is 121 Å². The molecule has 1 atom stereocenters. The predicted molar refractivity (Wildman–Crippen MR) is 76.9 cm³/mol. The maximum absolute atomic E-state index is 8.44. The minimum absolute atomic E-state index is 0.176. The zero-order valence-electron chi connectivity index (χ0n) is 12.6. The molecule has 0 aliphatic heterocycles. The first-order valence-electron chi connectivity index (χ1n) is 7.02. The average Bonchev–Trinajstić information content (AvgIpc) is 2.49. The van der Waals surface area contributed by atoms with Gasteiger partial charge >= 0.3 is 0 Å². The summed E-state index contributed by atoms with van der Waals surface area (Å²) in [4.78, 5) is 2.71. The van der Waals surface area contributed by atoms with Crippen molar-refractivity contribution in [2.45, 2.75) is 13.2 Å². The smallest absolute Gasteiger partial charge is 0.159 e. The van der Waals surface area contributed by atoms with Gasteiger partial charge in [0, 0.05) is 18.1 Å². The molecule has 9 nitrogen and oxygen atoms in total. The van der Waals surface area contributed by atoms with Crippen molar-refractivity contribution in [3.8, 4) is 0 Å². The van der Waals surface area contributed by atoms with Crippen LogP contribution < -0.4 is 5.73 Å². The molecule has 0 heterocycles. The van der Waals surface area contributed by atoms with Gasteiger partial charge in [0.2, 0.25) is 0 Å². The van der Waals surface area contributed by atoms with Gasteiger partial charge in [0.25, 0.3) is 0 Å². The Labute approximate surface area is 125 Å². The number of hydrogen-bond acceptors (Lipinski definition) is 7. The summed E-state index contributed by atoms with van der Waals surface area (Å²) in [6, 6.07) is 0. The molecule has 0 spiro atoms. The fraction of sp³-hybridized carbons (Fsp3) is 1.00. The molecule has 0 amide bonds. The Bertz CT molecular complexity index is 264. The van der Waals surface area contributed by atoms with Crippen LogP contribution in [-0.4, -0.2) is 72.2 Å². The van der Waals surface area contributed by atoms with Gasteiger partial charge in [-0.15, -0.1) is 0 Å². The van der Waals surface area contributed by atoms with E-state index >= 15 is 0 Å². The summed E-state index contributed by atoms with van der Waals surface area (Å²) in [7, 11) is 0. The monoisotopic (exact) mass is 306 g/mol. The second-order valence-electron chi connectivity index (χ2n) is 3.82. The van der Waals surface area contributed by atoms with Crippen molar-refractivity contribution < 1.29 is 23.7 Å².